The molecular weight excluding hydrogens is 566 g/mol. The minimum atomic E-state index is -0.836. The van der Waals surface area contributed by atoms with E-state index in [0.717, 1.165) is 32.1 Å². The van der Waals surface area contributed by atoms with Crippen molar-refractivity contribution in [2.45, 2.75) is 244 Å². The molecular formula is C42H83NO3. The van der Waals surface area contributed by atoms with Gasteiger partial charge in [-0.05, 0) is 19.3 Å². The fourth-order valence-electron chi connectivity index (χ4n) is 6.46. The lowest BCUT2D eigenvalue weighted by Crippen LogP contribution is -2.45. The smallest absolute Gasteiger partial charge is 0.220 e. The number of nitrogens with one attached hydrogen (secondary N) is 1. The van der Waals surface area contributed by atoms with Crippen LogP contribution in [0.1, 0.15) is 234 Å². The SMILES string of the molecule is [2H]CCCCCCCCCCCCCCCCCCCCCCCC(=O)N[C@@H](CO)[C@H](O)/C=C/CCCCCCCCCCCCC. The summed E-state index contributed by atoms with van der Waals surface area (Å²) < 4.78 is 7.17. The second-order valence-corrected chi connectivity index (χ2v) is 14.3. The van der Waals surface area contributed by atoms with Crippen LogP contribution in [0.5, 0.6) is 0 Å². The van der Waals surface area contributed by atoms with E-state index < -0.39 is 12.1 Å². The Morgan fingerprint density at radius 2 is 0.913 bits per heavy atom. The first kappa shape index (κ1) is 43.2. The fraction of sp³-hybridized carbons (Fsp3) is 0.929. The first-order valence-corrected chi connectivity index (χ1v) is 20.7. The van der Waals surface area contributed by atoms with Gasteiger partial charge in [-0.25, -0.2) is 0 Å². The number of hydrogen-bond donors (Lipinski definition) is 3. The molecule has 0 unspecified atom stereocenters. The minimum Gasteiger partial charge on any atom is -0.394 e. The van der Waals surface area contributed by atoms with Crippen molar-refractivity contribution in [2.75, 3.05) is 6.61 Å². The Hall–Kier alpha value is -0.870. The molecule has 4 heteroatoms. The van der Waals surface area contributed by atoms with Gasteiger partial charge in [0.1, 0.15) is 0 Å². The van der Waals surface area contributed by atoms with Crippen LogP contribution in [0.4, 0.5) is 0 Å². The standard InChI is InChI=1S/C42H83NO3/c1-3-5-7-9-11-13-15-17-18-19-20-21-22-23-24-26-28-30-32-34-36-38-42(46)43-40(39-44)41(45)37-35-33-31-29-27-25-16-14-12-10-8-6-4-2/h35,37,40-41,44-45H,3-34,36,38-39H2,1-2H3,(H,43,46)/b37-35+/t40-,41+/m0/s1/i1D. The van der Waals surface area contributed by atoms with Gasteiger partial charge in [0.25, 0.3) is 0 Å². The Balaban J connectivity index is 3.50. The summed E-state index contributed by atoms with van der Waals surface area (Å²) in [5.74, 6) is -0.0650. The highest BCUT2D eigenvalue weighted by Gasteiger charge is 2.17. The molecule has 0 spiro atoms. The highest BCUT2D eigenvalue weighted by Crippen LogP contribution is 2.16. The highest BCUT2D eigenvalue weighted by atomic mass is 16.3. The molecule has 0 fully saturated rings. The van der Waals surface area contributed by atoms with Gasteiger partial charge in [-0.3, -0.25) is 4.79 Å². The van der Waals surface area contributed by atoms with E-state index in [1.165, 1.54) is 180 Å². The van der Waals surface area contributed by atoms with Crippen LogP contribution >= 0.6 is 0 Å². The van der Waals surface area contributed by atoms with Gasteiger partial charge in [0, 0.05) is 7.79 Å². The molecule has 4 nitrogen and oxygen atoms in total. The molecule has 0 aliphatic rings. The molecule has 0 saturated heterocycles. The van der Waals surface area contributed by atoms with E-state index in [1.807, 2.05) is 6.08 Å². The zero-order valence-corrected chi connectivity index (χ0v) is 31.1. The number of aliphatic hydroxyl groups is 2. The molecule has 0 rings (SSSR count). The van der Waals surface area contributed by atoms with Crippen molar-refractivity contribution in [1.82, 2.24) is 5.32 Å². The summed E-state index contributed by atoms with van der Waals surface area (Å²) in [6, 6.07) is -0.619. The summed E-state index contributed by atoms with van der Waals surface area (Å²) in [7, 11) is 0. The van der Waals surface area contributed by atoms with Crippen molar-refractivity contribution in [1.29, 1.82) is 0 Å². The van der Waals surface area contributed by atoms with Gasteiger partial charge >= 0.3 is 0 Å². The van der Waals surface area contributed by atoms with E-state index >= 15 is 0 Å². The van der Waals surface area contributed by atoms with Crippen molar-refractivity contribution in [3.8, 4) is 0 Å². The number of carbonyl (C=O) groups is 1. The third kappa shape index (κ3) is 34.5. The van der Waals surface area contributed by atoms with Crippen LogP contribution in [0.15, 0.2) is 12.2 Å². The molecule has 46 heavy (non-hydrogen) atoms. The minimum absolute atomic E-state index is 0.0650. The van der Waals surface area contributed by atoms with Crippen molar-refractivity contribution in [2.24, 2.45) is 0 Å². The van der Waals surface area contributed by atoms with E-state index in [9.17, 15) is 15.0 Å². The van der Waals surface area contributed by atoms with Gasteiger partial charge in [0.05, 0.1) is 18.8 Å². The van der Waals surface area contributed by atoms with E-state index in [4.69, 9.17) is 1.37 Å². The fourth-order valence-corrected chi connectivity index (χ4v) is 6.46. The normalized spacial score (nSPS) is 13.3. The number of allylic oxidation sites excluding steroid dienone is 1. The van der Waals surface area contributed by atoms with Gasteiger partial charge in [0.15, 0.2) is 0 Å². The van der Waals surface area contributed by atoms with Gasteiger partial charge in [-0.2, -0.15) is 0 Å². The molecule has 0 radical (unpaired) electrons. The van der Waals surface area contributed by atoms with Crippen LogP contribution in [0.2, 0.25) is 0 Å². The molecule has 0 aromatic rings. The molecule has 0 aliphatic carbocycles. The zero-order chi connectivity index (χ0) is 34.3. The van der Waals surface area contributed by atoms with E-state index in [0.29, 0.717) is 13.3 Å². The number of amides is 1. The number of carbonyl (C=O) groups excluding carboxylic acids is 1. The average molecular weight is 651 g/mol. The summed E-state index contributed by atoms with van der Waals surface area (Å²) in [4.78, 5) is 12.4. The van der Waals surface area contributed by atoms with E-state index in [1.54, 1.807) is 6.08 Å². The predicted octanol–water partition coefficient (Wildman–Crippen LogP) is 12.7. The van der Waals surface area contributed by atoms with Crippen LogP contribution in [0.25, 0.3) is 0 Å². The second kappa shape index (κ2) is 38.6. The number of aliphatic hydroxyl groups excluding tert-OH is 2. The van der Waals surface area contributed by atoms with Gasteiger partial charge in [-0.1, -0.05) is 219 Å². The van der Waals surface area contributed by atoms with Crippen LogP contribution in [-0.2, 0) is 4.79 Å². The Morgan fingerprint density at radius 3 is 1.28 bits per heavy atom. The molecule has 2 atom stereocenters. The second-order valence-electron chi connectivity index (χ2n) is 14.3. The quantitative estimate of drug-likeness (QED) is 0.0460. The maximum absolute atomic E-state index is 12.4. The van der Waals surface area contributed by atoms with Gasteiger partial charge < -0.3 is 15.5 Å². The predicted molar refractivity (Wildman–Crippen MR) is 202 cm³/mol. The van der Waals surface area contributed by atoms with Crippen molar-refractivity contribution < 1.29 is 16.4 Å². The lowest BCUT2D eigenvalue weighted by molar-refractivity contribution is -0.123. The van der Waals surface area contributed by atoms with Crippen LogP contribution in [-0.4, -0.2) is 34.9 Å². The highest BCUT2D eigenvalue weighted by molar-refractivity contribution is 5.76. The third-order valence-electron chi connectivity index (χ3n) is 9.67. The monoisotopic (exact) mass is 651 g/mol. The number of unbranched alkanes of at least 4 members (excludes halogenated alkanes) is 31. The summed E-state index contributed by atoms with van der Waals surface area (Å²) in [6.45, 7) is 2.62. The molecule has 0 aromatic carbocycles. The van der Waals surface area contributed by atoms with E-state index in [-0.39, 0.29) is 12.5 Å². The topological polar surface area (TPSA) is 69.6 Å². The molecule has 0 saturated carbocycles. The van der Waals surface area contributed by atoms with Crippen molar-refractivity contribution in [3.63, 3.8) is 0 Å². The van der Waals surface area contributed by atoms with Gasteiger partial charge in [0.2, 0.25) is 5.91 Å². The Bertz CT molecular complexity index is 643. The zero-order valence-electron chi connectivity index (χ0n) is 32.1. The molecule has 274 valence electrons. The van der Waals surface area contributed by atoms with Crippen LogP contribution < -0.4 is 5.32 Å². The van der Waals surface area contributed by atoms with Crippen LogP contribution in [0.3, 0.4) is 0 Å². The molecule has 0 bridgehead atoms. The molecule has 0 heterocycles. The number of hydrogen-bond acceptors (Lipinski definition) is 3. The average Bonchev–Trinajstić information content (AvgIpc) is 3.07. The summed E-state index contributed by atoms with van der Waals surface area (Å²) in [5, 5.41) is 22.9. The first-order chi connectivity index (χ1) is 23.2. The largest absolute Gasteiger partial charge is 0.394 e. The summed E-state index contributed by atoms with van der Waals surface area (Å²) in [6.07, 6.45) is 46.4. The van der Waals surface area contributed by atoms with E-state index in [2.05, 4.69) is 12.2 Å². The van der Waals surface area contributed by atoms with Crippen LogP contribution in [0, 0.1) is 0 Å². The molecule has 1 amide bonds. The van der Waals surface area contributed by atoms with Gasteiger partial charge in [-0.15, -0.1) is 0 Å². The molecule has 3 N–H and O–H groups in total. The van der Waals surface area contributed by atoms with Crippen molar-refractivity contribution >= 4 is 5.91 Å². The Morgan fingerprint density at radius 1 is 0.565 bits per heavy atom. The first-order valence-electron chi connectivity index (χ1n) is 21.4. The lowest BCUT2D eigenvalue weighted by Gasteiger charge is -2.20. The third-order valence-corrected chi connectivity index (χ3v) is 9.67. The maximum Gasteiger partial charge on any atom is 0.220 e. The molecule has 0 aromatic heterocycles. The maximum atomic E-state index is 12.4. The number of rotatable bonds is 38. The van der Waals surface area contributed by atoms with Crippen molar-refractivity contribution in [3.05, 3.63) is 12.2 Å². The Kier molecular flexibility index (Phi) is 36.2. The lowest BCUT2D eigenvalue weighted by atomic mass is 10.0. The summed E-state index contributed by atoms with van der Waals surface area (Å²) in [5.41, 5.74) is 0. The molecule has 0 aliphatic heterocycles. The summed E-state index contributed by atoms with van der Waals surface area (Å²) >= 11 is 0. The Labute approximate surface area is 290 Å².